The van der Waals surface area contributed by atoms with Crippen LogP contribution in [0.4, 0.5) is 0 Å². The Morgan fingerprint density at radius 3 is 2.67 bits per heavy atom. The Bertz CT molecular complexity index is 1010. The van der Waals surface area contributed by atoms with Crippen molar-refractivity contribution in [3.63, 3.8) is 0 Å². The third-order valence-corrected chi connectivity index (χ3v) is 6.53. The van der Waals surface area contributed by atoms with Crippen LogP contribution < -0.4 is 10.5 Å². The maximum Gasteiger partial charge on any atom is 0.321 e. The SMILES string of the molecule is C=C[C@H]1CN2CC[C@H]1C[C@H]2[C@H](O)c1ccnc2ccc(OC)cc12.N[C@@H](CC(=O)O)C(=O)O. The van der Waals surface area contributed by atoms with E-state index >= 15 is 0 Å². The number of fused-ring (bicyclic) bond motifs is 4. The molecule has 5 rings (SSSR count). The van der Waals surface area contributed by atoms with Crippen molar-refractivity contribution in [1.29, 1.82) is 0 Å². The normalized spacial score (nSPS) is 25.4. The van der Waals surface area contributed by atoms with E-state index in [2.05, 4.69) is 22.5 Å². The van der Waals surface area contributed by atoms with Crippen molar-refractivity contribution >= 4 is 22.8 Å². The van der Waals surface area contributed by atoms with Gasteiger partial charge in [-0.1, -0.05) is 6.08 Å². The van der Waals surface area contributed by atoms with Crippen molar-refractivity contribution < 1.29 is 29.6 Å². The van der Waals surface area contributed by atoms with E-state index in [-0.39, 0.29) is 6.04 Å². The molecular formula is C24H31N3O6. The minimum Gasteiger partial charge on any atom is -0.497 e. The number of aliphatic hydroxyl groups excluding tert-OH is 1. The van der Waals surface area contributed by atoms with Crippen LogP contribution in [0.2, 0.25) is 0 Å². The molecule has 9 nitrogen and oxygen atoms in total. The van der Waals surface area contributed by atoms with Gasteiger partial charge in [0.2, 0.25) is 0 Å². The summed E-state index contributed by atoms with van der Waals surface area (Å²) < 4.78 is 5.35. The zero-order valence-electron chi connectivity index (χ0n) is 18.6. The van der Waals surface area contributed by atoms with E-state index in [1.165, 1.54) is 6.42 Å². The third kappa shape index (κ3) is 5.68. The maximum atomic E-state index is 11.2. The van der Waals surface area contributed by atoms with Gasteiger partial charge in [0.25, 0.3) is 0 Å². The van der Waals surface area contributed by atoms with Crippen LogP contribution in [0.15, 0.2) is 43.1 Å². The number of benzene rings is 1. The molecule has 6 atom stereocenters. The van der Waals surface area contributed by atoms with Gasteiger partial charge in [0, 0.05) is 24.2 Å². The Morgan fingerprint density at radius 2 is 2.12 bits per heavy atom. The molecule has 9 heteroatoms. The predicted molar refractivity (Wildman–Crippen MR) is 123 cm³/mol. The number of carbonyl (C=O) groups is 2. The molecule has 3 fully saturated rings. The van der Waals surface area contributed by atoms with Crippen molar-refractivity contribution in [2.45, 2.75) is 37.5 Å². The summed E-state index contributed by atoms with van der Waals surface area (Å²) in [5.41, 5.74) is 6.68. The number of methoxy groups -OCH3 is 1. The van der Waals surface area contributed by atoms with Crippen molar-refractivity contribution in [2.75, 3.05) is 20.2 Å². The number of aromatic nitrogens is 1. The predicted octanol–water partition coefficient (Wildman–Crippen LogP) is 2.05. The topological polar surface area (TPSA) is 146 Å². The Morgan fingerprint density at radius 1 is 1.36 bits per heavy atom. The van der Waals surface area contributed by atoms with Gasteiger partial charge >= 0.3 is 11.9 Å². The molecule has 1 unspecified atom stereocenters. The van der Waals surface area contributed by atoms with Crippen molar-refractivity contribution in [2.24, 2.45) is 17.6 Å². The molecule has 3 aliphatic rings. The van der Waals surface area contributed by atoms with E-state index in [4.69, 9.17) is 20.7 Å². The summed E-state index contributed by atoms with van der Waals surface area (Å²) in [6.07, 6.45) is 5.09. The summed E-state index contributed by atoms with van der Waals surface area (Å²) in [6.45, 7) is 6.07. The quantitative estimate of drug-likeness (QED) is 0.459. The van der Waals surface area contributed by atoms with Crippen LogP contribution in [-0.2, 0) is 9.59 Å². The van der Waals surface area contributed by atoms with Crippen LogP contribution in [0.3, 0.4) is 0 Å². The number of carboxylic acid groups (broad SMARTS) is 2. The molecule has 0 saturated carbocycles. The first-order chi connectivity index (χ1) is 15.7. The second-order valence-electron chi connectivity index (χ2n) is 8.52. The smallest absolute Gasteiger partial charge is 0.321 e. The van der Waals surface area contributed by atoms with Crippen LogP contribution in [0, 0.1) is 11.8 Å². The van der Waals surface area contributed by atoms with Gasteiger partial charge in [0.1, 0.15) is 11.8 Å². The summed E-state index contributed by atoms with van der Waals surface area (Å²) >= 11 is 0. The highest BCUT2D eigenvalue weighted by Crippen LogP contribution is 2.42. The van der Waals surface area contributed by atoms with Crippen LogP contribution >= 0.6 is 0 Å². The molecule has 178 valence electrons. The summed E-state index contributed by atoms with van der Waals surface area (Å²) in [4.78, 5) is 26.5. The number of hydrogen-bond donors (Lipinski definition) is 4. The molecule has 0 amide bonds. The number of ether oxygens (including phenoxy) is 1. The lowest BCUT2D eigenvalue weighted by atomic mass is 9.73. The van der Waals surface area contributed by atoms with Crippen molar-refractivity contribution in [3.05, 3.63) is 48.7 Å². The second kappa shape index (κ2) is 10.7. The Labute approximate surface area is 192 Å². The summed E-state index contributed by atoms with van der Waals surface area (Å²) in [6, 6.07) is 6.67. The van der Waals surface area contributed by atoms with Gasteiger partial charge in [0.15, 0.2) is 0 Å². The third-order valence-electron chi connectivity index (χ3n) is 6.53. The van der Waals surface area contributed by atoms with E-state index < -0.39 is 30.5 Å². The average Bonchev–Trinajstić information content (AvgIpc) is 2.82. The maximum absolute atomic E-state index is 11.2. The Balaban J connectivity index is 0.000000292. The van der Waals surface area contributed by atoms with E-state index in [1.54, 1.807) is 13.3 Å². The number of rotatable bonds is 7. The fourth-order valence-electron chi connectivity index (χ4n) is 4.72. The molecule has 0 aliphatic carbocycles. The van der Waals surface area contributed by atoms with Gasteiger partial charge in [0.05, 0.1) is 25.2 Å². The standard InChI is InChI=1S/C20H24N2O2.C4H7NO4/c1-3-13-12-22-9-7-14(13)10-19(22)20(23)16-6-8-21-18-5-4-15(24-2)11-17(16)18;5-2(4(8)9)1-3(6)7/h3-6,8,11,13-14,19-20,23H,1,7,9-10,12H2,2H3;2H,1,5H2,(H,6,7)(H,8,9)/t13-,14-,19-,20+;2-/m00/s1. The highest BCUT2D eigenvalue weighted by molar-refractivity contribution is 5.84. The Hall–Kier alpha value is -3.01. The number of aliphatic carboxylic acids is 2. The molecule has 5 N–H and O–H groups in total. The van der Waals surface area contributed by atoms with Crippen LogP contribution in [0.25, 0.3) is 10.9 Å². The molecule has 4 heterocycles. The molecule has 3 saturated heterocycles. The molecule has 1 aromatic heterocycles. The number of nitrogens with two attached hydrogens (primary N) is 1. The lowest BCUT2D eigenvalue weighted by Crippen LogP contribution is -2.54. The van der Waals surface area contributed by atoms with E-state index in [0.29, 0.717) is 11.8 Å². The van der Waals surface area contributed by atoms with Crippen LogP contribution in [-0.4, -0.2) is 69.4 Å². The van der Waals surface area contributed by atoms with E-state index in [0.717, 1.165) is 41.7 Å². The first-order valence-corrected chi connectivity index (χ1v) is 10.9. The summed E-state index contributed by atoms with van der Waals surface area (Å²) in [7, 11) is 1.66. The van der Waals surface area contributed by atoms with Gasteiger partial charge in [-0.2, -0.15) is 0 Å². The van der Waals surface area contributed by atoms with E-state index in [9.17, 15) is 14.7 Å². The second-order valence-corrected chi connectivity index (χ2v) is 8.52. The molecule has 3 aliphatic heterocycles. The van der Waals surface area contributed by atoms with Gasteiger partial charge in [-0.15, -0.1) is 6.58 Å². The molecule has 0 spiro atoms. The summed E-state index contributed by atoms with van der Waals surface area (Å²) in [5.74, 6) is -0.491. The van der Waals surface area contributed by atoms with Gasteiger partial charge in [-0.05, 0) is 61.1 Å². The number of piperidine rings is 3. The molecule has 0 radical (unpaired) electrons. The highest BCUT2D eigenvalue weighted by atomic mass is 16.5. The molecule has 1 aromatic carbocycles. The summed E-state index contributed by atoms with van der Waals surface area (Å²) in [5, 5.41) is 28.2. The monoisotopic (exact) mass is 457 g/mol. The average molecular weight is 458 g/mol. The number of pyridine rings is 1. The fraction of sp³-hybridized carbons (Fsp3) is 0.458. The lowest BCUT2D eigenvalue weighted by Gasteiger charge is -2.50. The molecule has 2 aromatic rings. The minimum atomic E-state index is -1.29. The Kier molecular flexibility index (Phi) is 8.01. The van der Waals surface area contributed by atoms with E-state index in [1.807, 2.05) is 24.3 Å². The zero-order chi connectivity index (χ0) is 24.1. The first-order valence-electron chi connectivity index (χ1n) is 10.9. The zero-order valence-corrected chi connectivity index (χ0v) is 18.6. The number of carboxylic acids is 2. The van der Waals surface area contributed by atoms with Crippen LogP contribution in [0.1, 0.15) is 30.9 Å². The minimum absolute atomic E-state index is 0.178. The molecule has 33 heavy (non-hydrogen) atoms. The molecular weight excluding hydrogens is 426 g/mol. The molecule has 2 bridgehead atoms. The van der Waals surface area contributed by atoms with Gasteiger partial charge in [-0.3, -0.25) is 19.5 Å². The lowest BCUT2D eigenvalue weighted by molar-refractivity contribution is -0.144. The van der Waals surface area contributed by atoms with Gasteiger partial charge < -0.3 is 25.8 Å². The van der Waals surface area contributed by atoms with Crippen LogP contribution in [0.5, 0.6) is 5.75 Å². The number of nitrogens with zero attached hydrogens (tertiary/aromatic N) is 2. The van der Waals surface area contributed by atoms with Crippen molar-refractivity contribution in [3.8, 4) is 5.75 Å². The first kappa shape index (κ1) is 24.6. The van der Waals surface area contributed by atoms with Gasteiger partial charge in [-0.25, -0.2) is 0 Å². The fourth-order valence-corrected chi connectivity index (χ4v) is 4.72. The highest BCUT2D eigenvalue weighted by Gasteiger charge is 2.42. The largest absolute Gasteiger partial charge is 0.497 e. The van der Waals surface area contributed by atoms with Crippen molar-refractivity contribution in [1.82, 2.24) is 9.88 Å². The number of aliphatic hydroxyl groups is 1. The number of hydrogen-bond acceptors (Lipinski definition) is 7.